The summed E-state index contributed by atoms with van der Waals surface area (Å²) >= 11 is 1.38. The minimum Gasteiger partial charge on any atom is -0.353 e. The predicted octanol–water partition coefficient (Wildman–Crippen LogP) is 3.29. The standard InChI is InChI=1S/C13H16F2N6S/c1-13(2,3)8-7-21-12(18-8)22-11(19-21)17-6-9-16-4-5-20(9)10(14)15/h4-5,7,10H,6H2,1-3H3,(H,17,19). The molecule has 9 heteroatoms. The molecule has 3 aromatic rings. The summed E-state index contributed by atoms with van der Waals surface area (Å²) < 4.78 is 28.0. The predicted molar refractivity (Wildman–Crippen MR) is 80.4 cm³/mol. The fourth-order valence-electron chi connectivity index (χ4n) is 1.95. The second-order valence-corrected chi connectivity index (χ2v) is 6.85. The van der Waals surface area contributed by atoms with Crippen molar-refractivity contribution in [3.05, 3.63) is 30.1 Å². The number of alkyl halides is 2. The number of hydrogen-bond donors (Lipinski definition) is 1. The maximum Gasteiger partial charge on any atom is 0.319 e. The summed E-state index contributed by atoms with van der Waals surface area (Å²) in [5, 5.41) is 7.98. The van der Waals surface area contributed by atoms with Gasteiger partial charge in [0, 0.05) is 17.8 Å². The third kappa shape index (κ3) is 2.80. The number of fused-ring (bicyclic) bond motifs is 1. The van der Waals surface area contributed by atoms with Gasteiger partial charge in [-0.3, -0.25) is 4.57 Å². The lowest BCUT2D eigenvalue weighted by molar-refractivity contribution is 0.0673. The normalized spacial score (nSPS) is 12.5. The van der Waals surface area contributed by atoms with Crippen LogP contribution in [0.1, 0.15) is 38.8 Å². The molecule has 0 bridgehead atoms. The smallest absolute Gasteiger partial charge is 0.319 e. The molecule has 0 aliphatic rings. The first-order chi connectivity index (χ1) is 10.3. The Kier molecular flexibility index (Phi) is 3.59. The van der Waals surface area contributed by atoms with Crippen LogP contribution in [0.15, 0.2) is 18.6 Å². The molecule has 0 fully saturated rings. The lowest BCUT2D eigenvalue weighted by Crippen LogP contribution is -2.11. The molecule has 0 aliphatic carbocycles. The quantitative estimate of drug-likeness (QED) is 0.799. The highest BCUT2D eigenvalue weighted by Gasteiger charge is 2.19. The molecule has 3 heterocycles. The fraction of sp³-hybridized carbons (Fsp3) is 0.462. The van der Waals surface area contributed by atoms with Crippen molar-refractivity contribution in [2.45, 2.75) is 39.3 Å². The highest BCUT2D eigenvalue weighted by atomic mass is 32.1. The average Bonchev–Trinajstić information content (AvgIpc) is 3.08. The zero-order valence-electron chi connectivity index (χ0n) is 12.4. The van der Waals surface area contributed by atoms with Gasteiger partial charge >= 0.3 is 6.55 Å². The molecule has 0 spiro atoms. The number of anilines is 1. The van der Waals surface area contributed by atoms with Crippen molar-refractivity contribution in [2.24, 2.45) is 0 Å². The monoisotopic (exact) mass is 326 g/mol. The number of nitrogens with zero attached hydrogens (tertiary/aromatic N) is 5. The molecule has 0 aliphatic heterocycles. The van der Waals surface area contributed by atoms with Crippen molar-refractivity contribution in [2.75, 3.05) is 5.32 Å². The van der Waals surface area contributed by atoms with Gasteiger partial charge in [0.1, 0.15) is 5.82 Å². The van der Waals surface area contributed by atoms with E-state index in [-0.39, 0.29) is 17.8 Å². The van der Waals surface area contributed by atoms with E-state index in [4.69, 9.17) is 0 Å². The van der Waals surface area contributed by atoms with Gasteiger partial charge in [-0.1, -0.05) is 32.1 Å². The molecule has 0 atom stereocenters. The lowest BCUT2D eigenvalue weighted by atomic mass is 9.93. The van der Waals surface area contributed by atoms with Gasteiger partial charge in [-0.25, -0.2) is 14.5 Å². The Morgan fingerprint density at radius 3 is 2.77 bits per heavy atom. The van der Waals surface area contributed by atoms with E-state index in [2.05, 4.69) is 41.2 Å². The Morgan fingerprint density at radius 2 is 2.14 bits per heavy atom. The molecule has 0 saturated carbocycles. The van der Waals surface area contributed by atoms with E-state index < -0.39 is 6.55 Å². The molecular formula is C13H16F2N6S. The molecular weight excluding hydrogens is 310 g/mol. The number of rotatable bonds is 4. The van der Waals surface area contributed by atoms with E-state index in [1.165, 1.54) is 23.7 Å². The van der Waals surface area contributed by atoms with Crippen LogP contribution in [0.5, 0.6) is 0 Å². The van der Waals surface area contributed by atoms with E-state index in [1.807, 2.05) is 6.20 Å². The minimum absolute atomic E-state index is 0.0387. The van der Waals surface area contributed by atoms with Gasteiger partial charge in [-0.05, 0) is 0 Å². The van der Waals surface area contributed by atoms with Crippen molar-refractivity contribution < 1.29 is 8.78 Å². The van der Waals surface area contributed by atoms with Crippen LogP contribution in [0.4, 0.5) is 13.9 Å². The summed E-state index contributed by atoms with van der Waals surface area (Å²) in [5.41, 5.74) is 0.925. The maximum absolute atomic E-state index is 12.7. The molecule has 3 rings (SSSR count). The van der Waals surface area contributed by atoms with E-state index in [0.29, 0.717) is 5.13 Å². The van der Waals surface area contributed by atoms with E-state index in [0.717, 1.165) is 15.2 Å². The minimum atomic E-state index is -2.60. The van der Waals surface area contributed by atoms with Gasteiger partial charge in [0.2, 0.25) is 10.1 Å². The summed E-state index contributed by atoms with van der Waals surface area (Å²) in [6, 6.07) is 0. The highest BCUT2D eigenvalue weighted by Crippen LogP contribution is 2.26. The summed E-state index contributed by atoms with van der Waals surface area (Å²) in [6.07, 6.45) is 4.50. The molecule has 0 amide bonds. The Morgan fingerprint density at radius 1 is 1.36 bits per heavy atom. The first-order valence-corrected chi connectivity index (χ1v) is 7.56. The summed E-state index contributed by atoms with van der Waals surface area (Å²) in [4.78, 5) is 9.22. The number of imidazole rings is 2. The van der Waals surface area contributed by atoms with Crippen LogP contribution in [0.3, 0.4) is 0 Å². The lowest BCUT2D eigenvalue weighted by Gasteiger charge is -2.13. The maximum atomic E-state index is 12.7. The van der Waals surface area contributed by atoms with Crippen LogP contribution in [0, 0.1) is 0 Å². The molecule has 0 unspecified atom stereocenters. The molecule has 0 aromatic carbocycles. The van der Waals surface area contributed by atoms with Crippen molar-refractivity contribution >= 4 is 21.4 Å². The van der Waals surface area contributed by atoms with Crippen LogP contribution in [0.2, 0.25) is 0 Å². The largest absolute Gasteiger partial charge is 0.353 e. The number of halogens is 2. The molecule has 118 valence electrons. The van der Waals surface area contributed by atoms with Crippen molar-refractivity contribution in [3.63, 3.8) is 0 Å². The Bertz CT molecular complexity index is 750. The highest BCUT2D eigenvalue weighted by molar-refractivity contribution is 7.20. The van der Waals surface area contributed by atoms with Crippen molar-refractivity contribution in [1.29, 1.82) is 0 Å². The van der Waals surface area contributed by atoms with Crippen molar-refractivity contribution in [1.82, 2.24) is 24.1 Å². The van der Waals surface area contributed by atoms with Gasteiger partial charge in [0.15, 0.2) is 0 Å². The van der Waals surface area contributed by atoms with Crippen LogP contribution in [-0.4, -0.2) is 24.1 Å². The zero-order valence-corrected chi connectivity index (χ0v) is 13.2. The fourth-order valence-corrected chi connectivity index (χ4v) is 2.72. The van der Waals surface area contributed by atoms with Gasteiger partial charge in [-0.2, -0.15) is 8.78 Å². The first-order valence-electron chi connectivity index (χ1n) is 6.75. The van der Waals surface area contributed by atoms with Gasteiger partial charge in [0.05, 0.1) is 18.4 Å². The average molecular weight is 326 g/mol. The van der Waals surface area contributed by atoms with Crippen LogP contribution in [-0.2, 0) is 12.0 Å². The summed E-state index contributed by atoms with van der Waals surface area (Å²) in [6.45, 7) is 3.84. The summed E-state index contributed by atoms with van der Waals surface area (Å²) in [7, 11) is 0. The van der Waals surface area contributed by atoms with Crippen LogP contribution < -0.4 is 5.32 Å². The molecule has 3 aromatic heterocycles. The van der Waals surface area contributed by atoms with Gasteiger partial charge in [0.25, 0.3) is 0 Å². The van der Waals surface area contributed by atoms with E-state index in [9.17, 15) is 8.78 Å². The molecule has 6 nitrogen and oxygen atoms in total. The first kappa shape index (κ1) is 14.9. The molecule has 1 N–H and O–H groups in total. The van der Waals surface area contributed by atoms with Crippen LogP contribution >= 0.6 is 11.3 Å². The van der Waals surface area contributed by atoms with Crippen molar-refractivity contribution in [3.8, 4) is 0 Å². The van der Waals surface area contributed by atoms with Crippen LogP contribution in [0.25, 0.3) is 4.96 Å². The van der Waals surface area contributed by atoms with Gasteiger partial charge < -0.3 is 5.32 Å². The SMILES string of the molecule is CC(C)(C)c1cn2nc(NCc3nccn3C(F)F)sc2n1. The molecule has 22 heavy (non-hydrogen) atoms. The zero-order chi connectivity index (χ0) is 15.9. The Balaban J connectivity index is 1.75. The number of hydrogen-bond acceptors (Lipinski definition) is 5. The third-order valence-corrected chi connectivity index (χ3v) is 4.05. The second kappa shape index (κ2) is 5.31. The number of aromatic nitrogens is 5. The van der Waals surface area contributed by atoms with E-state index in [1.54, 1.807) is 4.52 Å². The van der Waals surface area contributed by atoms with E-state index >= 15 is 0 Å². The Labute approximate surface area is 129 Å². The molecule has 0 saturated heterocycles. The van der Waals surface area contributed by atoms with Gasteiger partial charge in [-0.15, -0.1) is 5.10 Å². The summed E-state index contributed by atoms with van der Waals surface area (Å²) in [5.74, 6) is 0.262. The Hall–Kier alpha value is -2.03. The topological polar surface area (TPSA) is 60.0 Å². The number of nitrogens with one attached hydrogen (secondary N) is 1. The molecule has 0 radical (unpaired) electrons. The second-order valence-electron chi connectivity index (χ2n) is 5.89. The third-order valence-electron chi connectivity index (χ3n) is 3.17.